The summed E-state index contributed by atoms with van der Waals surface area (Å²) < 4.78 is 44.1. The summed E-state index contributed by atoms with van der Waals surface area (Å²) in [7, 11) is 0. The zero-order chi connectivity index (χ0) is 15.7. The van der Waals surface area contributed by atoms with Gasteiger partial charge in [0, 0.05) is 19.2 Å². The second-order valence-electron chi connectivity index (χ2n) is 6.60. The van der Waals surface area contributed by atoms with E-state index in [4.69, 9.17) is 4.74 Å². The molecule has 1 aromatic carbocycles. The van der Waals surface area contributed by atoms with Crippen LogP contribution in [0, 0.1) is 5.41 Å². The van der Waals surface area contributed by atoms with Crippen molar-refractivity contribution in [3.8, 4) is 0 Å². The highest BCUT2D eigenvalue weighted by Gasteiger charge is 2.32. The van der Waals surface area contributed by atoms with Crippen LogP contribution in [-0.4, -0.2) is 19.2 Å². The maximum atomic E-state index is 12.8. The van der Waals surface area contributed by atoms with E-state index in [-0.39, 0.29) is 11.5 Å². The van der Waals surface area contributed by atoms with Gasteiger partial charge in [-0.3, -0.25) is 0 Å². The fraction of sp³-hybridized carbons (Fsp3) is 0.625. The fourth-order valence-electron chi connectivity index (χ4n) is 2.61. The van der Waals surface area contributed by atoms with Crippen molar-refractivity contribution in [3.05, 3.63) is 35.4 Å². The van der Waals surface area contributed by atoms with Crippen LogP contribution in [0.25, 0.3) is 0 Å². The van der Waals surface area contributed by atoms with Gasteiger partial charge in [-0.15, -0.1) is 0 Å². The van der Waals surface area contributed by atoms with E-state index in [2.05, 4.69) is 26.1 Å². The lowest BCUT2D eigenvalue weighted by atomic mass is 9.85. The second-order valence-corrected chi connectivity index (χ2v) is 6.60. The van der Waals surface area contributed by atoms with Crippen molar-refractivity contribution in [1.29, 1.82) is 0 Å². The van der Waals surface area contributed by atoms with Crippen LogP contribution in [-0.2, 0) is 10.9 Å². The maximum Gasteiger partial charge on any atom is 0.416 e. The molecule has 0 aromatic heterocycles. The molecule has 1 N–H and O–H groups in total. The van der Waals surface area contributed by atoms with E-state index >= 15 is 0 Å². The smallest absolute Gasteiger partial charge is 0.372 e. The van der Waals surface area contributed by atoms with Gasteiger partial charge < -0.3 is 10.1 Å². The summed E-state index contributed by atoms with van der Waals surface area (Å²) in [6, 6.07) is 5.70. The third kappa shape index (κ3) is 4.20. The van der Waals surface area contributed by atoms with Crippen molar-refractivity contribution >= 4 is 0 Å². The average Bonchev–Trinajstić information content (AvgIpc) is 2.63. The molecule has 0 aliphatic carbocycles. The summed E-state index contributed by atoms with van der Waals surface area (Å²) in [6.45, 7) is 7.53. The summed E-state index contributed by atoms with van der Waals surface area (Å²) in [4.78, 5) is 0. The van der Waals surface area contributed by atoms with Crippen LogP contribution < -0.4 is 5.32 Å². The van der Waals surface area contributed by atoms with Crippen molar-refractivity contribution in [2.75, 3.05) is 13.2 Å². The first kappa shape index (κ1) is 16.3. The Labute approximate surface area is 123 Å². The summed E-state index contributed by atoms with van der Waals surface area (Å²) in [5, 5.41) is 3.42. The molecule has 5 heteroatoms. The first-order valence-electron chi connectivity index (χ1n) is 7.20. The molecule has 0 radical (unpaired) electrons. The van der Waals surface area contributed by atoms with Gasteiger partial charge in [0.2, 0.25) is 0 Å². The minimum Gasteiger partial charge on any atom is -0.372 e. The van der Waals surface area contributed by atoms with Gasteiger partial charge in [-0.05, 0) is 29.5 Å². The van der Waals surface area contributed by atoms with Gasteiger partial charge in [-0.25, -0.2) is 0 Å². The molecule has 0 saturated carbocycles. The van der Waals surface area contributed by atoms with Crippen molar-refractivity contribution in [2.24, 2.45) is 5.41 Å². The first-order chi connectivity index (χ1) is 9.68. The van der Waals surface area contributed by atoms with E-state index in [1.54, 1.807) is 6.07 Å². The maximum absolute atomic E-state index is 12.8. The predicted molar refractivity (Wildman–Crippen MR) is 76.0 cm³/mol. The molecular formula is C16H22F3NO. The molecule has 2 atom stereocenters. The lowest BCUT2D eigenvalue weighted by molar-refractivity contribution is -0.137. The van der Waals surface area contributed by atoms with Gasteiger partial charge in [-0.1, -0.05) is 32.9 Å². The van der Waals surface area contributed by atoms with Crippen LogP contribution in [0.15, 0.2) is 24.3 Å². The average molecular weight is 301 g/mol. The summed E-state index contributed by atoms with van der Waals surface area (Å²) >= 11 is 0. The predicted octanol–water partition coefficient (Wildman–Crippen LogP) is 4.17. The van der Waals surface area contributed by atoms with Crippen LogP contribution in [0.5, 0.6) is 0 Å². The highest BCUT2D eigenvalue weighted by molar-refractivity contribution is 5.27. The minimum atomic E-state index is -4.32. The highest BCUT2D eigenvalue weighted by Crippen LogP contribution is 2.32. The third-order valence-corrected chi connectivity index (χ3v) is 3.91. The van der Waals surface area contributed by atoms with E-state index < -0.39 is 11.7 Å². The van der Waals surface area contributed by atoms with E-state index in [1.165, 1.54) is 12.1 Å². The number of benzene rings is 1. The molecule has 1 heterocycles. The molecule has 2 unspecified atom stereocenters. The fourth-order valence-corrected chi connectivity index (χ4v) is 2.61. The van der Waals surface area contributed by atoms with Crippen LogP contribution in [0.1, 0.15) is 44.4 Å². The number of rotatable bonds is 1. The molecule has 1 aromatic rings. The molecule has 0 bridgehead atoms. The number of halogens is 3. The Morgan fingerprint density at radius 2 is 1.90 bits per heavy atom. The van der Waals surface area contributed by atoms with E-state index in [0.717, 1.165) is 12.5 Å². The Kier molecular flexibility index (Phi) is 4.63. The summed E-state index contributed by atoms with van der Waals surface area (Å²) in [5.74, 6) is 0. The highest BCUT2D eigenvalue weighted by atomic mass is 19.4. The molecule has 1 aliphatic rings. The van der Waals surface area contributed by atoms with E-state index in [1.807, 2.05) is 0 Å². The van der Waals surface area contributed by atoms with Crippen molar-refractivity contribution in [3.63, 3.8) is 0 Å². The van der Waals surface area contributed by atoms with Crippen LogP contribution >= 0.6 is 0 Å². The Bertz CT molecular complexity index is 479. The SMILES string of the molecule is CC(C)(C)C1CCOC(c2cccc(C(F)(F)F)c2)CN1. The van der Waals surface area contributed by atoms with Crippen LogP contribution in [0.2, 0.25) is 0 Å². The lowest BCUT2D eigenvalue weighted by Crippen LogP contribution is -2.40. The molecule has 2 nitrogen and oxygen atoms in total. The van der Waals surface area contributed by atoms with Crippen molar-refractivity contribution in [2.45, 2.75) is 45.5 Å². The van der Waals surface area contributed by atoms with E-state index in [0.29, 0.717) is 24.8 Å². The van der Waals surface area contributed by atoms with Gasteiger partial charge in [0.15, 0.2) is 0 Å². The standard InChI is InChI=1S/C16H22F3NO/c1-15(2,3)14-7-8-21-13(10-20-14)11-5-4-6-12(9-11)16(17,18)19/h4-6,9,13-14,20H,7-8,10H2,1-3H3. The molecule has 1 aliphatic heterocycles. The first-order valence-corrected chi connectivity index (χ1v) is 7.20. The lowest BCUT2D eigenvalue weighted by Gasteiger charge is -2.30. The van der Waals surface area contributed by atoms with Gasteiger partial charge in [0.05, 0.1) is 11.7 Å². The molecular weight excluding hydrogens is 279 g/mol. The molecule has 2 rings (SSSR count). The van der Waals surface area contributed by atoms with Gasteiger partial charge >= 0.3 is 6.18 Å². The zero-order valence-corrected chi connectivity index (χ0v) is 12.6. The second kappa shape index (κ2) is 5.97. The van der Waals surface area contributed by atoms with Gasteiger partial charge in [0.25, 0.3) is 0 Å². The number of ether oxygens (including phenoxy) is 1. The molecule has 118 valence electrons. The van der Waals surface area contributed by atoms with Gasteiger partial charge in [-0.2, -0.15) is 13.2 Å². The topological polar surface area (TPSA) is 21.3 Å². The zero-order valence-electron chi connectivity index (χ0n) is 12.6. The Morgan fingerprint density at radius 1 is 1.19 bits per heavy atom. The van der Waals surface area contributed by atoms with Gasteiger partial charge in [0.1, 0.15) is 0 Å². The number of nitrogens with one attached hydrogen (secondary N) is 1. The molecule has 0 spiro atoms. The Hall–Kier alpha value is -1.07. The normalized spacial score (nSPS) is 24.7. The third-order valence-electron chi connectivity index (χ3n) is 3.91. The van der Waals surface area contributed by atoms with Crippen LogP contribution in [0.3, 0.4) is 0 Å². The van der Waals surface area contributed by atoms with Crippen molar-refractivity contribution < 1.29 is 17.9 Å². The van der Waals surface area contributed by atoms with Crippen molar-refractivity contribution in [1.82, 2.24) is 5.32 Å². The number of hydrogen-bond acceptors (Lipinski definition) is 2. The Balaban J connectivity index is 2.13. The number of alkyl halides is 3. The summed E-state index contributed by atoms with van der Waals surface area (Å²) in [5.41, 5.74) is 0.0543. The van der Waals surface area contributed by atoms with E-state index in [9.17, 15) is 13.2 Å². The molecule has 1 fully saturated rings. The Morgan fingerprint density at radius 3 is 2.52 bits per heavy atom. The molecule has 1 saturated heterocycles. The molecule has 0 amide bonds. The minimum absolute atomic E-state index is 0.103. The quantitative estimate of drug-likeness (QED) is 0.840. The largest absolute Gasteiger partial charge is 0.416 e. The molecule has 21 heavy (non-hydrogen) atoms. The summed E-state index contributed by atoms with van der Waals surface area (Å²) in [6.07, 6.45) is -3.79. The number of hydrogen-bond donors (Lipinski definition) is 1. The monoisotopic (exact) mass is 301 g/mol. The van der Waals surface area contributed by atoms with Crippen LogP contribution in [0.4, 0.5) is 13.2 Å².